The summed E-state index contributed by atoms with van der Waals surface area (Å²) in [5.74, 6) is 0.800. The Kier molecular flexibility index (Phi) is 9.04. The minimum atomic E-state index is -0.449. The molecule has 0 atom stereocenters. The van der Waals surface area contributed by atoms with Crippen LogP contribution in [0.1, 0.15) is 21.5 Å². The lowest BCUT2D eigenvalue weighted by atomic mass is 10.2. The second-order valence-corrected chi connectivity index (χ2v) is 8.71. The van der Waals surface area contributed by atoms with Crippen LogP contribution in [0.5, 0.6) is 17.2 Å². The van der Waals surface area contributed by atoms with Crippen LogP contribution in [0.2, 0.25) is 0 Å². The van der Waals surface area contributed by atoms with Crippen LogP contribution in [0.4, 0.5) is 0 Å². The third kappa shape index (κ3) is 8.33. The fourth-order valence-corrected chi connectivity index (χ4v) is 3.37. The molecule has 0 aliphatic carbocycles. The first-order valence-corrected chi connectivity index (χ1v) is 12.1. The first-order valence-electron chi connectivity index (χ1n) is 11.3. The number of amides is 1. The Morgan fingerprint density at radius 3 is 2.05 bits per heavy atom. The van der Waals surface area contributed by atoms with Crippen molar-refractivity contribution >= 4 is 34.0 Å². The number of carbonyl (C=O) groups is 2. The van der Waals surface area contributed by atoms with Crippen LogP contribution in [0, 0.1) is 0 Å². The zero-order chi connectivity index (χ0) is 25.9. The van der Waals surface area contributed by atoms with Gasteiger partial charge in [-0.1, -0.05) is 46.3 Å². The number of hydrogen-bond acceptors (Lipinski definition) is 6. The zero-order valence-electron chi connectivity index (χ0n) is 19.7. The SMILES string of the molecule is O=C(COc1ccc(OCc2ccccc2)cc1)NN=Cc1ccc(OC(=O)c2ccc(Br)cc2)cc1. The summed E-state index contributed by atoms with van der Waals surface area (Å²) in [6.07, 6.45) is 1.48. The molecule has 0 radical (unpaired) electrons. The minimum absolute atomic E-state index is 0.188. The molecule has 1 N–H and O–H groups in total. The van der Waals surface area contributed by atoms with E-state index in [9.17, 15) is 9.59 Å². The van der Waals surface area contributed by atoms with Gasteiger partial charge in [-0.05, 0) is 83.9 Å². The van der Waals surface area contributed by atoms with Gasteiger partial charge in [0.1, 0.15) is 23.9 Å². The van der Waals surface area contributed by atoms with Crippen LogP contribution in [0.3, 0.4) is 0 Å². The number of esters is 1. The summed E-state index contributed by atoms with van der Waals surface area (Å²) in [5, 5.41) is 3.93. The predicted octanol–water partition coefficient (Wildman–Crippen LogP) is 5.78. The smallest absolute Gasteiger partial charge is 0.343 e. The van der Waals surface area contributed by atoms with Crippen molar-refractivity contribution in [2.45, 2.75) is 6.61 Å². The van der Waals surface area contributed by atoms with Crippen LogP contribution in [0.25, 0.3) is 0 Å². The summed E-state index contributed by atoms with van der Waals surface area (Å²) in [7, 11) is 0. The fourth-order valence-electron chi connectivity index (χ4n) is 3.11. The van der Waals surface area contributed by atoms with Crippen LogP contribution < -0.4 is 19.6 Å². The van der Waals surface area contributed by atoms with Gasteiger partial charge in [-0.15, -0.1) is 0 Å². The van der Waals surface area contributed by atoms with Crippen LogP contribution >= 0.6 is 15.9 Å². The van der Waals surface area contributed by atoms with Crippen molar-refractivity contribution in [2.75, 3.05) is 6.61 Å². The highest BCUT2D eigenvalue weighted by molar-refractivity contribution is 9.10. The van der Waals surface area contributed by atoms with Gasteiger partial charge in [-0.3, -0.25) is 4.79 Å². The van der Waals surface area contributed by atoms with Crippen LogP contribution in [0.15, 0.2) is 113 Å². The fraction of sp³-hybridized carbons (Fsp3) is 0.0690. The van der Waals surface area contributed by atoms with Crippen molar-refractivity contribution in [1.29, 1.82) is 0 Å². The highest BCUT2D eigenvalue weighted by Crippen LogP contribution is 2.19. The highest BCUT2D eigenvalue weighted by Gasteiger charge is 2.08. The van der Waals surface area contributed by atoms with E-state index in [-0.39, 0.29) is 6.61 Å². The number of rotatable bonds is 10. The van der Waals surface area contributed by atoms with Crippen molar-refractivity contribution in [1.82, 2.24) is 5.43 Å². The van der Waals surface area contributed by atoms with E-state index >= 15 is 0 Å². The number of carbonyl (C=O) groups excluding carboxylic acids is 2. The van der Waals surface area contributed by atoms with E-state index in [1.54, 1.807) is 72.8 Å². The molecule has 0 saturated carbocycles. The summed E-state index contributed by atoms with van der Waals surface area (Å²) in [6, 6.07) is 30.6. The van der Waals surface area contributed by atoms with Crippen molar-refractivity contribution in [3.63, 3.8) is 0 Å². The number of benzene rings is 4. The molecule has 1 amide bonds. The molecule has 186 valence electrons. The predicted molar refractivity (Wildman–Crippen MR) is 144 cm³/mol. The quantitative estimate of drug-likeness (QED) is 0.115. The van der Waals surface area contributed by atoms with Crippen LogP contribution in [-0.2, 0) is 11.4 Å². The zero-order valence-corrected chi connectivity index (χ0v) is 21.3. The third-order valence-corrected chi connectivity index (χ3v) is 5.54. The van der Waals surface area contributed by atoms with Crippen molar-refractivity contribution in [2.24, 2.45) is 5.10 Å². The molecule has 0 fully saturated rings. The standard InChI is InChI=1S/C29H23BrN2O5/c30-24-10-8-23(9-11-24)29(34)37-27-12-6-21(7-13-27)18-31-32-28(33)20-36-26-16-14-25(15-17-26)35-19-22-4-2-1-3-5-22/h1-18H,19-20H2,(H,32,33). The summed E-state index contributed by atoms with van der Waals surface area (Å²) in [6.45, 7) is 0.286. The molecule has 0 aliphatic rings. The number of hydrazone groups is 1. The Morgan fingerprint density at radius 2 is 1.38 bits per heavy atom. The van der Waals surface area contributed by atoms with E-state index < -0.39 is 11.9 Å². The molecule has 0 aromatic heterocycles. The second kappa shape index (κ2) is 13.0. The maximum Gasteiger partial charge on any atom is 0.343 e. The topological polar surface area (TPSA) is 86.2 Å². The highest BCUT2D eigenvalue weighted by atomic mass is 79.9. The third-order valence-electron chi connectivity index (χ3n) is 5.02. The Morgan fingerprint density at radius 1 is 0.757 bits per heavy atom. The molecule has 8 heteroatoms. The van der Waals surface area contributed by atoms with Crippen molar-refractivity contribution in [3.05, 3.63) is 124 Å². The van der Waals surface area contributed by atoms with E-state index in [0.29, 0.717) is 29.4 Å². The molecule has 0 saturated heterocycles. The lowest BCUT2D eigenvalue weighted by Crippen LogP contribution is -2.24. The molecule has 4 aromatic rings. The van der Waals surface area contributed by atoms with E-state index in [1.165, 1.54) is 6.21 Å². The van der Waals surface area contributed by atoms with Gasteiger partial charge in [0, 0.05) is 4.47 Å². The van der Waals surface area contributed by atoms with Gasteiger partial charge in [0.05, 0.1) is 11.8 Å². The molecule has 0 heterocycles. The molecular weight excluding hydrogens is 536 g/mol. The van der Waals surface area contributed by atoms with Gasteiger partial charge in [-0.2, -0.15) is 5.10 Å². The summed E-state index contributed by atoms with van der Waals surface area (Å²) in [5.41, 5.74) is 4.66. The maximum atomic E-state index is 12.2. The van der Waals surface area contributed by atoms with E-state index in [1.807, 2.05) is 30.3 Å². The molecule has 4 aromatic carbocycles. The Labute approximate surface area is 222 Å². The van der Waals surface area contributed by atoms with Crippen molar-refractivity contribution in [3.8, 4) is 17.2 Å². The van der Waals surface area contributed by atoms with Gasteiger partial charge >= 0.3 is 5.97 Å². The molecular formula is C29H23BrN2O5. The van der Waals surface area contributed by atoms with Crippen LogP contribution in [-0.4, -0.2) is 24.7 Å². The molecule has 7 nitrogen and oxygen atoms in total. The molecule has 0 bridgehead atoms. The number of hydrogen-bond donors (Lipinski definition) is 1. The average molecular weight is 559 g/mol. The Bertz CT molecular complexity index is 1340. The lowest BCUT2D eigenvalue weighted by Gasteiger charge is -2.08. The first kappa shape index (κ1) is 25.7. The Hall–Kier alpha value is -4.43. The molecule has 0 aliphatic heterocycles. The number of ether oxygens (including phenoxy) is 3. The molecule has 4 rings (SSSR count). The minimum Gasteiger partial charge on any atom is -0.489 e. The first-order chi connectivity index (χ1) is 18.0. The number of nitrogens with zero attached hydrogens (tertiary/aromatic N) is 1. The Balaban J connectivity index is 1.17. The van der Waals surface area contributed by atoms with E-state index in [0.717, 1.165) is 15.6 Å². The van der Waals surface area contributed by atoms with Crippen molar-refractivity contribution < 1.29 is 23.8 Å². The van der Waals surface area contributed by atoms with Gasteiger partial charge in [0.25, 0.3) is 5.91 Å². The number of halogens is 1. The number of nitrogens with one attached hydrogen (secondary N) is 1. The molecule has 0 unspecified atom stereocenters. The summed E-state index contributed by atoms with van der Waals surface area (Å²) < 4.78 is 17.5. The normalized spacial score (nSPS) is 10.6. The second-order valence-electron chi connectivity index (χ2n) is 7.79. The monoisotopic (exact) mass is 558 g/mol. The maximum absolute atomic E-state index is 12.2. The van der Waals surface area contributed by atoms with Gasteiger partial charge in [-0.25, -0.2) is 10.2 Å². The van der Waals surface area contributed by atoms with E-state index in [2.05, 4.69) is 26.5 Å². The van der Waals surface area contributed by atoms with Gasteiger partial charge < -0.3 is 14.2 Å². The summed E-state index contributed by atoms with van der Waals surface area (Å²) in [4.78, 5) is 24.2. The van der Waals surface area contributed by atoms with E-state index in [4.69, 9.17) is 14.2 Å². The lowest BCUT2D eigenvalue weighted by molar-refractivity contribution is -0.123. The average Bonchev–Trinajstić information content (AvgIpc) is 2.93. The summed E-state index contributed by atoms with van der Waals surface area (Å²) >= 11 is 3.33. The van der Waals surface area contributed by atoms with Gasteiger partial charge in [0.2, 0.25) is 0 Å². The van der Waals surface area contributed by atoms with Gasteiger partial charge in [0.15, 0.2) is 6.61 Å². The molecule has 37 heavy (non-hydrogen) atoms. The molecule has 0 spiro atoms. The largest absolute Gasteiger partial charge is 0.489 e.